The van der Waals surface area contributed by atoms with Crippen LogP contribution in [0.15, 0.2) is 53.6 Å². The van der Waals surface area contributed by atoms with Gasteiger partial charge in [-0.2, -0.15) is 5.10 Å². The number of ether oxygens (including phenoxy) is 1. The second-order valence-corrected chi connectivity index (χ2v) is 4.69. The van der Waals surface area contributed by atoms with Gasteiger partial charge in [-0.1, -0.05) is 18.2 Å². The largest absolute Gasteiger partial charge is 0.497 e. The summed E-state index contributed by atoms with van der Waals surface area (Å²) in [4.78, 5) is 0. The summed E-state index contributed by atoms with van der Waals surface area (Å²) in [6.45, 7) is 0. The molecule has 1 aliphatic heterocycles. The quantitative estimate of drug-likeness (QED) is 0.928. The first kappa shape index (κ1) is 12.7. The molecule has 0 aliphatic carbocycles. The number of hydrazone groups is 1. The summed E-state index contributed by atoms with van der Waals surface area (Å²) in [5, 5.41) is 4.32. The molecule has 1 heterocycles. The summed E-state index contributed by atoms with van der Waals surface area (Å²) in [5.41, 5.74) is 5.62. The van der Waals surface area contributed by atoms with E-state index in [0.717, 1.165) is 17.0 Å². The molecule has 2 aromatic carbocycles. The van der Waals surface area contributed by atoms with Crippen molar-refractivity contribution in [2.45, 2.75) is 12.5 Å². The molecule has 0 amide bonds. The molecule has 0 radical (unpaired) electrons. The van der Waals surface area contributed by atoms with Crippen LogP contribution in [0, 0.1) is 5.82 Å². The Labute approximate surface area is 117 Å². The third-order valence-corrected chi connectivity index (χ3v) is 3.46. The highest BCUT2D eigenvalue weighted by Gasteiger charge is 2.23. The number of nitrogens with one attached hydrogen (secondary N) is 1. The van der Waals surface area contributed by atoms with Crippen molar-refractivity contribution in [2.75, 3.05) is 7.11 Å². The number of halogens is 1. The van der Waals surface area contributed by atoms with Crippen LogP contribution in [0.25, 0.3) is 0 Å². The fraction of sp³-hybridized carbons (Fsp3) is 0.188. The van der Waals surface area contributed by atoms with Crippen LogP contribution in [-0.2, 0) is 0 Å². The van der Waals surface area contributed by atoms with Crippen molar-refractivity contribution < 1.29 is 9.13 Å². The van der Waals surface area contributed by atoms with Crippen LogP contribution in [0.3, 0.4) is 0 Å². The zero-order valence-electron chi connectivity index (χ0n) is 11.1. The first-order valence-corrected chi connectivity index (χ1v) is 6.49. The van der Waals surface area contributed by atoms with Gasteiger partial charge in [0.2, 0.25) is 0 Å². The molecule has 0 saturated heterocycles. The molecule has 102 valence electrons. The highest BCUT2D eigenvalue weighted by molar-refractivity contribution is 6.01. The Morgan fingerprint density at radius 2 is 1.90 bits per heavy atom. The normalized spacial score (nSPS) is 17.5. The van der Waals surface area contributed by atoms with Crippen molar-refractivity contribution in [2.24, 2.45) is 5.10 Å². The van der Waals surface area contributed by atoms with Crippen molar-refractivity contribution in [1.29, 1.82) is 0 Å². The average Bonchev–Trinajstić information content (AvgIpc) is 2.97. The zero-order valence-corrected chi connectivity index (χ0v) is 11.1. The van der Waals surface area contributed by atoms with Gasteiger partial charge in [0, 0.05) is 12.0 Å². The summed E-state index contributed by atoms with van der Waals surface area (Å²) in [7, 11) is 1.64. The number of rotatable bonds is 3. The van der Waals surface area contributed by atoms with Crippen molar-refractivity contribution in [3.05, 3.63) is 65.5 Å². The first-order chi connectivity index (χ1) is 9.78. The highest BCUT2D eigenvalue weighted by atomic mass is 19.1. The van der Waals surface area contributed by atoms with Gasteiger partial charge in [-0.05, 0) is 35.9 Å². The lowest BCUT2D eigenvalue weighted by atomic mass is 9.99. The maximum atomic E-state index is 13.8. The van der Waals surface area contributed by atoms with E-state index in [4.69, 9.17) is 4.74 Å². The maximum absolute atomic E-state index is 13.8. The van der Waals surface area contributed by atoms with Gasteiger partial charge in [0.05, 0.1) is 18.9 Å². The Morgan fingerprint density at radius 1 is 1.15 bits per heavy atom. The lowest BCUT2D eigenvalue weighted by molar-refractivity contribution is 0.415. The van der Waals surface area contributed by atoms with E-state index in [2.05, 4.69) is 10.5 Å². The molecule has 4 heteroatoms. The summed E-state index contributed by atoms with van der Waals surface area (Å²) < 4.78 is 18.9. The van der Waals surface area contributed by atoms with Crippen molar-refractivity contribution in [1.82, 2.24) is 5.43 Å². The van der Waals surface area contributed by atoms with E-state index in [1.807, 2.05) is 30.3 Å². The molecule has 2 aromatic rings. The van der Waals surface area contributed by atoms with E-state index in [1.165, 1.54) is 6.07 Å². The van der Waals surface area contributed by atoms with Gasteiger partial charge < -0.3 is 10.2 Å². The van der Waals surface area contributed by atoms with Crippen LogP contribution in [-0.4, -0.2) is 12.8 Å². The molecule has 3 rings (SSSR count). The Kier molecular flexibility index (Phi) is 3.37. The smallest absolute Gasteiger partial charge is 0.128 e. The second-order valence-electron chi connectivity index (χ2n) is 4.69. The van der Waals surface area contributed by atoms with Gasteiger partial charge >= 0.3 is 0 Å². The molecule has 0 saturated carbocycles. The molecule has 1 N–H and O–H groups in total. The molecule has 1 aliphatic rings. The Morgan fingerprint density at radius 3 is 2.60 bits per heavy atom. The van der Waals surface area contributed by atoms with Crippen LogP contribution >= 0.6 is 0 Å². The van der Waals surface area contributed by atoms with Crippen molar-refractivity contribution in [3.8, 4) is 5.75 Å². The maximum Gasteiger partial charge on any atom is 0.128 e. The molecule has 1 atom stereocenters. The Balaban J connectivity index is 1.77. The minimum Gasteiger partial charge on any atom is -0.497 e. The van der Waals surface area contributed by atoms with E-state index >= 15 is 0 Å². The van der Waals surface area contributed by atoms with Crippen LogP contribution in [0.4, 0.5) is 4.39 Å². The minimum atomic E-state index is -0.198. The number of benzene rings is 2. The van der Waals surface area contributed by atoms with E-state index < -0.39 is 0 Å². The number of methoxy groups -OCH3 is 1. The summed E-state index contributed by atoms with van der Waals surface area (Å²) in [5.74, 6) is 0.613. The van der Waals surface area contributed by atoms with Crippen LogP contribution in [0.5, 0.6) is 5.75 Å². The lowest BCUT2D eigenvalue weighted by Crippen LogP contribution is -2.11. The lowest BCUT2D eigenvalue weighted by Gasteiger charge is -2.10. The van der Waals surface area contributed by atoms with Crippen molar-refractivity contribution in [3.63, 3.8) is 0 Å². The van der Waals surface area contributed by atoms with Crippen LogP contribution in [0.1, 0.15) is 23.6 Å². The van der Waals surface area contributed by atoms with Gasteiger partial charge in [0.15, 0.2) is 0 Å². The minimum absolute atomic E-state index is 0.103. The van der Waals surface area contributed by atoms with Gasteiger partial charge in [-0.3, -0.25) is 0 Å². The monoisotopic (exact) mass is 270 g/mol. The van der Waals surface area contributed by atoms with Gasteiger partial charge in [-0.25, -0.2) is 4.39 Å². The second kappa shape index (κ2) is 5.33. The molecule has 20 heavy (non-hydrogen) atoms. The molecule has 0 spiro atoms. The molecule has 0 aromatic heterocycles. The third kappa shape index (κ3) is 2.37. The average molecular weight is 270 g/mol. The fourth-order valence-corrected chi connectivity index (χ4v) is 2.34. The predicted octanol–water partition coefficient (Wildman–Crippen LogP) is 3.27. The Hall–Kier alpha value is -2.36. The van der Waals surface area contributed by atoms with E-state index in [-0.39, 0.29) is 11.9 Å². The molecular formula is C16H15FN2O. The molecular weight excluding hydrogens is 255 g/mol. The third-order valence-electron chi connectivity index (χ3n) is 3.46. The number of nitrogens with zero attached hydrogens (tertiary/aromatic N) is 1. The first-order valence-electron chi connectivity index (χ1n) is 6.49. The van der Waals surface area contributed by atoms with Crippen molar-refractivity contribution >= 4 is 5.71 Å². The SMILES string of the molecule is COc1ccc(C2=NNC(c3ccccc3F)C2)cc1. The number of hydrogen-bond acceptors (Lipinski definition) is 3. The van der Waals surface area contributed by atoms with E-state index in [0.29, 0.717) is 12.0 Å². The standard InChI is InChI=1S/C16H15FN2O/c1-20-12-8-6-11(7-9-12)15-10-16(19-18-15)13-4-2-3-5-14(13)17/h2-9,16,19H,10H2,1H3. The van der Waals surface area contributed by atoms with Crippen LogP contribution < -0.4 is 10.2 Å². The molecule has 0 fully saturated rings. The fourth-order valence-electron chi connectivity index (χ4n) is 2.34. The van der Waals surface area contributed by atoms with Gasteiger partial charge in [-0.15, -0.1) is 0 Å². The Bertz CT molecular complexity index is 637. The molecule has 0 bridgehead atoms. The van der Waals surface area contributed by atoms with Gasteiger partial charge in [0.25, 0.3) is 0 Å². The summed E-state index contributed by atoms with van der Waals surface area (Å²) in [6, 6.07) is 14.4. The number of hydrogen-bond donors (Lipinski definition) is 1. The summed E-state index contributed by atoms with van der Waals surface area (Å²) in [6.07, 6.45) is 0.674. The van der Waals surface area contributed by atoms with Gasteiger partial charge in [0.1, 0.15) is 11.6 Å². The molecule has 1 unspecified atom stereocenters. The summed E-state index contributed by atoms with van der Waals surface area (Å²) >= 11 is 0. The highest BCUT2D eigenvalue weighted by Crippen LogP contribution is 2.26. The van der Waals surface area contributed by atoms with E-state index in [9.17, 15) is 4.39 Å². The predicted molar refractivity (Wildman–Crippen MR) is 76.4 cm³/mol. The van der Waals surface area contributed by atoms with Crippen LogP contribution in [0.2, 0.25) is 0 Å². The molecule has 3 nitrogen and oxygen atoms in total. The zero-order chi connectivity index (χ0) is 13.9. The van der Waals surface area contributed by atoms with E-state index in [1.54, 1.807) is 19.2 Å². The topological polar surface area (TPSA) is 33.6 Å².